The zero-order chi connectivity index (χ0) is 10.5. The maximum Gasteiger partial charge on any atom is 0.223 e. The Morgan fingerprint density at radius 3 is 2.93 bits per heavy atom. The number of nitrogens with one attached hydrogen (secondary N) is 2. The van der Waals surface area contributed by atoms with Gasteiger partial charge in [-0.15, -0.1) is 0 Å². The molecule has 0 aromatic rings. The Hall–Kier alpha value is -0.830. The summed E-state index contributed by atoms with van der Waals surface area (Å²) in [7, 11) is 0. The SMILES string of the molecule is O=C(N[C@@H]1CCCNC1)C1CC=CCC1. The summed E-state index contributed by atoms with van der Waals surface area (Å²) in [5, 5.41) is 6.47. The molecule has 2 rings (SSSR count). The smallest absolute Gasteiger partial charge is 0.223 e. The molecule has 2 atom stereocenters. The van der Waals surface area contributed by atoms with Crippen molar-refractivity contribution in [2.45, 2.75) is 38.1 Å². The van der Waals surface area contributed by atoms with Gasteiger partial charge in [-0.3, -0.25) is 4.79 Å². The number of allylic oxidation sites excluding steroid dienone is 2. The number of amides is 1. The zero-order valence-electron chi connectivity index (χ0n) is 9.17. The molecule has 2 N–H and O–H groups in total. The van der Waals surface area contributed by atoms with Crippen molar-refractivity contribution in [1.29, 1.82) is 0 Å². The normalized spacial score (nSPS) is 31.2. The van der Waals surface area contributed by atoms with Crippen LogP contribution in [0.1, 0.15) is 32.1 Å². The largest absolute Gasteiger partial charge is 0.352 e. The standard InChI is InChI=1S/C12H20N2O/c15-12(10-5-2-1-3-6-10)14-11-7-4-8-13-9-11/h1-2,10-11,13H,3-9H2,(H,14,15)/t10?,11-/m1/s1. The van der Waals surface area contributed by atoms with E-state index in [0.29, 0.717) is 6.04 Å². The van der Waals surface area contributed by atoms with Crippen LogP contribution < -0.4 is 10.6 Å². The van der Waals surface area contributed by atoms with E-state index in [1.54, 1.807) is 0 Å². The van der Waals surface area contributed by atoms with E-state index < -0.39 is 0 Å². The summed E-state index contributed by atoms with van der Waals surface area (Å²) >= 11 is 0. The molecule has 1 unspecified atom stereocenters. The first-order chi connectivity index (χ1) is 7.36. The van der Waals surface area contributed by atoms with E-state index in [4.69, 9.17) is 0 Å². The molecule has 0 bridgehead atoms. The minimum Gasteiger partial charge on any atom is -0.352 e. The van der Waals surface area contributed by atoms with Crippen LogP contribution in [0.5, 0.6) is 0 Å². The number of carbonyl (C=O) groups is 1. The molecule has 1 saturated heterocycles. The minimum atomic E-state index is 0.219. The Morgan fingerprint density at radius 1 is 1.33 bits per heavy atom. The van der Waals surface area contributed by atoms with Crippen molar-refractivity contribution in [1.82, 2.24) is 10.6 Å². The van der Waals surface area contributed by atoms with Crippen molar-refractivity contribution >= 4 is 5.91 Å². The number of hydrogen-bond acceptors (Lipinski definition) is 2. The lowest BCUT2D eigenvalue weighted by Crippen LogP contribution is -2.47. The van der Waals surface area contributed by atoms with Crippen molar-refractivity contribution in [3.8, 4) is 0 Å². The van der Waals surface area contributed by atoms with E-state index in [0.717, 1.165) is 38.8 Å². The van der Waals surface area contributed by atoms with Gasteiger partial charge in [-0.1, -0.05) is 12.2 Å². The fourth-order valence-electron chi connectivity index (χ4n) is 2.33. The fourth-order valence-corrected chi connectivity index (χ4v) is 2.33. The highest BCUT2D eigenvalue weighted by Gasteiger charge is 2.22. The molecule has 1 fully saturated rings. The minimum absolute atomic E-state index is 0.219. The van der Waals surface area contributed by atoms with Crippen LogP contribution in [0, 0.1) is 5.92 Å². The first-order valence-corrected chi connectivity index (χ1v) is 6.02. The molecule has 0 spiro atoms. The van der Waals surface area contributed by atoms with Crippen molar-refractivity contribution in [3.63, 3.8) is 0 Å². The molecule has 0 radical (unpaired) electrons. The predicted molar refractivity (Wildman–Crippen MR) is 60.5 cm³/mol. The van der Waals surface area contributed by atoms with Gasteiger partial charge in [0, 0.05) is 18.5 Å². The van der Waals surface area contributed by atoms with Crippen molar-refractivity contribution in [2.24, 2.45) is 5.92 Å². The molecule has 1 aliphatic carbocycles. The van der Waals surface area contributed by atoms with Crippen LogP contribution in [0.15, 0.2) is 12.2 Å². The second-order valence-corrected chi connectivity index (χ2v) is 4.53. The topological polar surface area (TPSA) is 41.1 Å². The van der Waals surface area contributed by atoms with E-state index in [1.807, 2.05) is 0 Å². The van der Waals surface area contributed by atoms with Gasteiger partial charge < -0.3 is 10.6 Å². The molecule has 3 nitrogen and oxygen atoms in total. The van der Waals surface area contributed by atoms with E-state index in [9.17, 15) is 4.79 Å². The summed E-state index contributed by atoms with van der Waals surface area (Å²) in [6, 6.07) is 0.358. The van der Waals surface area contributed by atoms with Gasteiger partial charge in [0.2, 0.25) is 5.91 Å². The molecule has 15 heavy (non-hydrogen) atoms. The van der Waals surface area contributed by atoms with Crippen LogP contribution >= 0.6 is 0 Å². The molecular weight excluding hydrogens is 188 g/mol. The van der Waals surface area contributed by atoms with Gasteiger partial charge in [0.1, 0.15) is 0 Å². The number of carbonyl (C=O) groups excluding carboxylic acids is 1. The summed E-state index contributed by atoms with van der Waals surface area (Å²) in [6.45, 7) is 2.03. The van der Waals surface area contributed by atoms with Gasteiger partial charge in [0.15, 0.2) is 0 Å². The highest BCUT2D eigenvalue weighted by Crippen LogP contribution is 2.18. The third-order valence-corrected chi connectivity index (χ3v) is 3.28. The lowest BCUT2D eigenvalue weighted by atomic mass is 9.93. The van der Waals surface area contributed by atoms with Crippen LogP contribution in [0.4, 0.5) is 0 Å². The van der Waals surface area contributed by atoms with Gasteiger partial charge in [0.05, 0.1) is 0 Å². The second kappa shape index (κ2) is 5.31. The van der Waals surface area contributed by atoms with E-state index in [1.165, 1.54) is 6.42 Å². The summed E-state index contributed by atoms with van der Waals surface area (Å²) in [4.78, 5) is 11.9. The van der Waals surface area contributed by atoms with Crippen molar-refractivity contribution < 1.29 is 4.79 Å². The van der Waals surface area contributed by atoms with E-state index in [-0.39, 0.29) is 11.8 Å². The Kier molecular flexibility index (Phi) is 3.78. The summed E-state index contributed by atoms with van der Waals surface area (Å²) in [5.74, 6) is 0.477. The van der Waals surface area contributed by atoms with Gasteiger partial charge in [-0.05, 0) is 38.6 Å². The Labute approximate surface area is 91.3 Å². The molecule has 0 saturated carbocycles. The number of piperidine rings is 1. The summed E-state index contributed by atoms with van der Waals surface area (Å²) < 4.78 is 0. The Bertz CT molecular complexity index is 244. The zero-order valence-corrected chi connectivity index (χ0v) is 9.17. The number of rotatable bonds is 2. The summed E-state index contributed by atoms with van der Waals surface area (Å²) in [6.07, 6.45) is 9.60. The third kappa shape index (κ3) is 3.06. The van der Waals surface area contributed by atoms with Crippen LogP contribution in [0.25, 0.3) is 0 Å². The lowest BCUT2D eigenvalue weighted by molar-refractivity contribution is -0.126. The van der Waals surface area contributed by atoms with E-state index >= 15 is 0 Å². The molecule has 0 aromatic carbocycles. The van der Waals surface area contributed by atoms with Crippen LogP contribution in [-0.2, 0) is 4.79 Å². The monoisotopic (exact) mass is 208 g/mol. The van der Waals surface area contributed by atoms with E-state index in [2.05, 4.69) is 22.8 Å². The van der Waals surface area contributed by atoms with Gasteiger partial charge in [-0.2, -0.15) is 0 Å². The molecule has 0 aromatic heterocycles. The first kappa shape index (κ1) is 10.7. The second-order valence-electron chi connectivity index (χ2n) is 4.53. The molecule has 1 heterocycles. The highest BCUT2D eigenvalue weighted by atomic mass is 16.1. The van der Waals surface area contributed by atoms with Gasteiger partial charge in [-0.25, -0.2) is 0 Å². The highest BCUT2D eigenvalue weighted by molar-refractivity contribution is 5.79. The van der Waals surface area contributed by atoms with Crippen LogP contribution in [-0.4, -0.2) is 25.0 Å². The molecule has 1 amide bonds. The average molecular weight is 208 g/mol. The quantitative estimate of drug-likeness (QED) is 0.670. The first-order valence-electron chi connectivity index (χ1n) is 6.02. The van der Waals surface area contributed by atoms with Gasteiger partial charge >= 0.3 is 0 Å². The average Bonchev–Trinajstić information content (AvgIpc) is 2.31. The summed E-state index contributed by atoms with van der Waals surface area (Å²) in [5.41, 5.74) is 0. The van der Waals surface area contributed by atoms with Crippen molar-refractivity contribution in [2.75, 3.05) is 13.1 Å². The van der Waals surface area contributed by atoms with Crippen LogP contribution in [0.2, 0.25) is 0 Å². The molecule has 84 valence electrons. The maximum absolute atomic E-state index is 11.9. The van der Waals surface area contributed by atoms with Crippen LogP contribution in [0.3, 0.4) is 0 Å². The third-order valence-electron chi connectivity index (χ3n) is 3.28. The predicted octanol–water partition coefficient (Wildman–Crippen LogP) is 1.21. The molecule has 1 aliphatic heterocycles. The van der Waals surface area contributed by atoms with Gasteiger partial charge in [0.25, 0.3) is 0 Å². The Balaban J connectivity index is 1.77. The van der Waals surface area contributed by atoms with Crippen molar-refractivity contribution in [3.05, 3.63) is 12.2 Å². The molecule has 2 aliphatic rings. The molecule has 3 heteroatoms. The number of hydrogen-bond donors (Lipinski definition) is 2. The lowest BCUT2D eigenvalue weighted by Gasteiger charge is -2.26. The fraction of sp³-hybridized carbons (Fsp3) is 0.750. The maximum atomic E-state index is 11.9. The Morgan fingerprint density at radius 2 is 2.27 bits per heavy atom. The molecular formula is C12H20N2O.